The minimum atomic E-state index is 0.0395. The van der Waals surface area contributed by atoms with Crippen molar-refractivity contribution in [2.45, 2.75) is 46.1 Å². The van der Waals surface area contributed by atoms with Gasteiger partial charge in [0.05, 0.1) is 0 Å². The van der Waals surface area contributed by atoms with Gasteiger partial charge in [-0.25, -0.2) is 0 Å². The molecule has 0 radical (unpaired) electrons. The molecule has 1 aliphatic rings. The summed E-state index contributed by atoms with van der Waals surface area (Å²) in [6.07, 6.45) is 3.38. The molecule has 1 aromatic rings. The van der Waals surface area contributed by atoms with Crippen molar-refractivity contribution in [2.75, 3.05) is 46.8 Å². The highest BCUT2D eigenvalue weighted by Crippen LogP contribution is 2.18. The summed E-state index contributed by atoms with van der Waals surface area (Å²) in [4.78, 5) is 21.2. The van der Waals surface area contributed by atoms with Gasteiger partial charge in [0.25, 0.3) is 5.91 Å². The van der Waals surface area contributed by atoms with E-state index in [1.165, 1.54) is 19.4 Å². The first-order chi connectivity index (χ1) is 13.9. The molecular formula is C23H39N5O. The molecule has 6 nitrogen and oxygen atoms in total. The summed E-state index contributed by atoms with van der Waals surface area (Å²) >= 11 is 0. The van der Waals surface area contributed by atoms with E-state index in [2.05, 4.69) is 42.4 Å². The number of piperidine rings is 1. The van der Waals surface area contributed by atoms with Crippen molar-refractivity contribution in [3.8, 4) is 0 Å². The fourth-order valence-corrected chi connectivity index (χ4v) is 3.72. The maximum atomic E-state index is 12.1. The van der Waals surface area contributed by atoms with E-state index in [1.807, 2.05) is 18.2 Å². The minimum absolute atomic E-state index is 0.0395. The number of amides is 1. The number of benzene rings is 1. The third-order valence-electron chi connectivity index (χ3n) is 5.42. The number of hydrogen-bond acceptors (Lipinski definition) is 3. The quantitative estimate of drug-likeness (QED) is 0.519. The predicted octanol–water partition coefficient (Wildman–Crippen LogP) is 2.61. The minimum Gasteiger partial charge on any atom is -0.357 e. The van der Waals surface area contributed by atoms with Gasteiger partial charge in [-0.2, -0.15) is 0 Å². The number of hydrogen-bond donors (Lipinski definition) is 2. The standard InChI is InChI=1S/C23H39N5O/c1-6-24-23(26-16-20-10-8-14-28(17-20)18(2)3)25-13-12-19-9-7-11-21(15-19)22(29)27(4)5/h7,9,11,15,18,20H,6,8,10,12-14,16-17H2,1-5H3,(H2,24,25,26). The van der Waals surface area contributed by atoms with E-state index >= 15 is 0 Å². The molecule has 0 aromatic heterocycles. The molecule has 0 saturated carbocycles. The van der Waals surface area contributed by atoms with Gasteiger partial charge in [0.1, 0.15) is 0 Å². The predicted molar refractivity (Wildman–Crippen MR) is 122 cm³/mol. The summed E-state index contributed by atoms with van der Waals surface area (Å²) in [6, 6.07) is 8.49. The molecule has 6 heteroatoms. The number of carbonyl (C=O) groups excluding carboxylic acids is 1. The van der Waals surface area contributed by atoms with Crippen molar-refractivity contribution in [3.63, 3.8) is 0 Å². The van der Waals surface area contributed by atoms with Crippen molar-refractivity contribution < 1.29 is 4.79 Å². The molecule has 29 heavy (non-hydrogen) atoms. The third kappa shape index (κ3) is 7.69. The Kier molecular flexibility index (Phi) is 9.45. The zero-order valence-electron chi connectivity index (χ0n) is 18.9. The molecule has 1 fully saturated rings. The summed E-state index contributed by atoms with van der Waals surface area (Å²) in [5.41, 5.74) is 1.89. The van der Waals surface area contributed by atoms with Crippen molar-refractivity contribution in [1.82, 2.24) is 20.4 Å². The fourth-order valence-electron chi connectivity index (χ4n) is 3.72. The van der Waals surface area contributed by atoms with E-state index in [0.717, 1.165) is 49.7 Å². The maximum Gasteiger partial charge on any atom is 0.253 e. The molecule has 1 atom stereocenters. The van der Waals surface area contributed by atoms with E-state index in [9.17, 15) is 4.79 Å². The molecule has 1 aliphatic heterocycles. The second-order valence-electron chi connectivity index (χ2n) is 8.39. The summed E-state index contributed by atoms with van der Waals surface area (Å²) < 4.78 is 0. The van der Waals surface area contributed by atoms with Crippen molar-refractivity contribution in [1.29, 1.82) is 0 Å². The molecule has 2 N–H and O–H groups in total. The lowest BCUT2D eigenvalue weighted by Gasteiger charge is -2.34. The zero-order valence-corrected chi connectivity index (χ0v) is 18.9. The summed E-state index contributed by atoms with van der Waals surface area (Å²) in [7, 11) is 3.56. The Morgan fingerprint density at radius 3 is 2.79 bits per heavy atom. The largest absolute Gasteiger partial charge is 0.357 e. The van der Waals surface area contributed by atoms with Gasteiger partial charge in [-0.05, 0) is 70.2 Å². The summed E-state index contributed by atoms with van der Waals surface area (Å²) in [5, 5.41) is 6.80. The molecule has 0 spiro atoms. The first-order valence-corrected chi connectivity index (χ1v) is 11.0. The van der Waals surface area contributed by atoms with Crippen LogP contribution >= 0.6 is 0 Å². The molecule has 1 unspecified atom stereocenters. The summed E-state index contributed by atoms with van der Waals surface area (Å²) in [6.45, 7) is 11.5. The van der Waals surface area contributed by atoms with Crippen LogP contribution in [0.15, 0.2) is 29.3 Å². The zero-order chi connectivity index (χ0) is 21.2. The molecular weight excluding hydrogens is 362 g/mol. The van der Waals surface area contributed by atoms with E-state index in [0.29, 0.717) is 12.0 Å². The highest BCUT2D eigenvalue weighted by atomic mass is 16.2. The topological polar surface area (TPSA) is 60.0 Å². The van der Waals surface area contributed by atoms with Gasteiger partial charge in [-0.1, -0.05) is 12.1 Å². The SMILES string of the molecule is CCNC(=NCC1CCCN(C(C)C)C1)NCCc1cccc(C(=O)N(C)C)c1. The Hall–Kier alpha value is -2.08. The number of rotatable bonds is 8. The average molecular weight is 402 g/mol. The second kappa shape index (κ2) is 11.8. The lowest BCUT2D eigenvalue weighted by molar-refractivity contribution is 0.0827. The van der Waals surface area contributed by atoms with E-state index in [-0.39, 0.29) is 5.91 Å². The van der Waals surface area contributed by atoms with Crippen molar-refractivity contribution in [3.05, 3.63) is 35.4 Å². The van der Waals surface area contributed by atoms with E-state index in [4.69, 9.17) is 4.99 Å². The number of nitrogens with zero attached hydrogens (tertiary/aromatic N) is 3. The average Bonchev–Trinajstić information content (AvgIpc) is 2.71. The Morgan fingerprint density at radius 1 is 1.31 bits per heavy atom. The van der Waals surface area contributed by atoms with Crippen LogP contribution in [0.4, 0.5) is 0 Å². The Morgan fingerprint density at radius 2 is 2.10 bits per heavy atom. The monoisotopic (exact) mass is 401 g/mol. The highest BCUT2D eigenvalue weighted by Gasteiger charge is 2.21. The Labute approximate surface area is 176 Å². The second-order valence-corrected chi connectivity index (χ2v) is 8.39. The number of carbonyl (C=O) groups is 1. The van der Waals surface area contributed by atoms with Crippen LogP contribution in [0.1, 0.15) is 49.5 Å². The van der Waals surface area contributed by atoms with Gasteiger partial charge in [-0.3, -0.25) is 9.79 Å². The Balaban J connectivity index is 1.87. The first kappa shape index (κ1) is 23.2. The normalized spacial score (nSPS) is 18.0. The lowest BCUT2D eigenvalue weighted by atomic mass is 9.97. The molecule has 1 aromatic carbocycles. The van der Waals surface area contributed by atoms with Gasteiger partial charge in [0.15, 0.2) is 5.96 Å². The molecule has 162 valence electrons. The molecule has 1 saturated heterocycles. The lowest BCUT2D eigenvalue weighted by Crippen LogP contribution is -2.42. The van der Waals surface area contributed by atoms with Crippen LogP contribution in [-0.4, -0.2) is 74.5 Å². The van der Waals surface area contributed by atoms with Gasteiger partial charge < -0.3 is 20.4 Å². The molecule has 2 rings (SSSR count). The first-order valence-electron chi connectivity index (χ1n) is 11.0. The van der Waals surface area contributed by atoms with Crippen LogP contribution in [0.3, 0.4) is 0 Å². The maximum absolute atomic E-state index is 12.1. The van der Waals surface area contributed by atoms with Gasteiger partial charge >= 0.3 is 0 Å². The number of guanidine groups is 1. The number of nitrogens with one attached hydrogen (secondary N) is 2. The molecule has 1 heterocycles. The van der Waals surface area contributed by atoms with Gasteiger partial charge in [0.2, 0.25) is 0 Å². The number of aliphatic imine (C=N–C) groups is 1. The molecule has 1 amide bonds. The van der Waals surface area contributed by atoms with Crippen molar-refractivity contribution in [2.24, 2.45) is 10.9 Å². The third-order valence-corrected chi connectivity index (χ3v) is 5.42. The highest BCUT2D eigenvalue weighted by molar-refractivity contribution is 5.94. The Bertz CT molecular complexity index is 671. The van der Waals surface area contributed by atoms with Gasteiger partial charge in [0, 0.05) is 51.9 Å². The number of likely N-dealkylation sites (tertiary alicyclic amines) is 1. The smallest absolute Gasteiger partial charge is 0.253 e. The van der Waals surface area contributed by atoms with Crippen LogP contribution in [0, 0.1) is 5.92 Å². The molecule has 0 bridgehead atoms. The van der Waals surface area contributed by atoms with Crippen molar-refractivity contribution >= 4 is 11.9 Å². The van der Waals surface area contributed by atoms with Gasteiger partial charge in [-0.15, -0.1) is 0 Å². The van der Waals surface area contributed by atoms with Crippen LogP contribution in [0.25, 0.3) is 0 Å². The van der Waals surface area contributed by atoms with Crippen LogP contribution in [0.5, 0.6) is 0 Å². The molecule has 0 aliphatic carbocycles. The fraction of sp³-hybridized carbons (Fsp3) is 0.652. The van der Waals surface area contributed by atoms with E-state index in [1.54, 1.807) is 19.0 Å². The van der Waals surface area contributed by atoms with E-state index < -0.39 is 0 Å². The van der Waals surface area contributed by atoms with Crippen LogP contribution < -0.4 is 10.6 Å². The summed E-state index contributed by atoms with van der Waals surface area (Å²) in [5.74, 6) is 1.56. The van der Waals surface area contributed by atoms with Crippen LogP contribution in [0.2, 0.25) is 0 Å². The van der Waals surface area contributed by atoms with Crippen LogP contribution in [-0.2, 0) is 6.42 Å².